The molecular weight excluding hydrogens is 436 g/mol. The lowest BCUT2D eigenvalue weighted by molar-refractivity contribution is -0.120. The van der Waals surface area contributed by atoms with Gasteiger partial charge < -0.3 is 10.1 Å². The van der Waals surface area contributed by atoms with Crippen LogP contribution in [0.5, 0.6) is 5.75 Å². The molecule has 2 amide bonds. The lowest BCUT2D eigenvalue weighted by atomic mass is 10.0. The van der Waals surface area contributed by atoms with Gasteiger partial charge in [0.15, 0.2) is 0 Å². The van der Waals surface area contributed by atoms with E-state index in [-0.39, 0.29) is 11.6 Å². The number of carbonyl (C=O) groups is 2. The summed E-state index contributed by atoms with van der Waals surface area (Å²) in [6, 6.07) is 20.0. The van der Waals surface area contributed by atoms with Crippen LogP contribution in [0.25, 0.3) is 5.57 Å². The molecule has 1 heterocycles. The van der Waals surface area contributed by atoms with E-state index in [9.17, 15) is 9.59 Å². The fourth-order valence-corrected chi connectivity index (χ4v) is 3.98. The second-order valence-electron chi connectivity index (χ2n) is 7.99. The number of hydrogen-bond acceptors (Lipinski definition) is 4. The standard InChI is InChI=1S/C27H25ClN2O3/c1-4-14-33-22-7-5-6-21(16-22)29-25-24(19-10-8-17(2)9-11-19)26(31)30(27(25)32)23-13-12-20(28)15-18(23)3/h5-13,15-16,29H,4,14H2,1-3H3. The van der Waals surface area contributed by atoms with Gasteiger partial charge in [-0.1, -0.05) is 54.4 Å². The van der Waals surface area contributed by atoms with Crippen molar-refractivity contribution in [3.63, 3.8) is 0 Å². The number of amides is 2. The van der Waals surface area contributed by atoms with Crippen LogP contribution < -0.4 is 15.0 Å². The molecule has 5 nitrogen and oxygen atoms in total. The summed E-state index contributed by atoms with van der Waals surface area (Å²) < 4.78 is 5.72. The molecule has 0 unspecified atom stereocenters. The Bertz CT molecular complexity index is 1250. The van der Waals surface area contributed by atoms with Crippen molar-refractivity contribution in [2.24, 2.45) is 0 Å². The third-order valence-electron chi connectivity index (χ3n) is 5.40. The van der Waals surface area contributed by atoms with E-state index in [1.807, 2.05) is 69.3 Å². The first-order chi connectivity index (χ1) is 15.9. The molecule has 0 aliphatic carbocycles. The Morgan fingerprint density at radius 3 is 2.39 bits per heavy atom. The molecule has 0 bridgehead atoms. The van der Waals surface area contributed by atoms with Crippen molar-refractivity contribution >= 4 is 40.4 Å². The summed E-state index contributed by atoms with van der Waals surface area (Å²) in [5, 5.41) is 3.74. The van der Waals surface area contributed by atoms with Crippen molar-refractivity contribution in [3.8, 4) is 5.75 Å². The molecule has 168 valence electrons. The van der Waals surface area contributed by atoms with Gasteiger partial charge in [0.25, 0.3) is 11.8 Å². The van der Waals surface area contributed by atoms with Gasteiger partial charge >= 0.3 is 0 Å². The SMILES string of the molecule is CCCOc1cccc(NC2=C(c3ccc(C)cc3)C(=O)N(c3ccc(Cl)cc3C)C2=O)c1. The summed E-state index contributed by atoms with van der Waals surface area (Å²) in [6.45, 7) is 6.44. The van der Waals surface area contributed by atoms with Crippen LogP contribution in [0, 0.1) is 13.8 Å². The quantitative estimate of drug-likeness (QED) is 0.430. The summed E-state index contributed by atoms with van der Waals surface area (Å²) in [7, 11) is 0. The largest absolute Gasteiger partial charge is 0.494 e. The lowest BCUT2D eigenvalue weighted by Crippen LogP contribution is -2.33. The Morgan fingerprint density at radius 2 is 1.70 bits per heavy atom. The van der Waals surface area contributed by atoms with Crippen molar-refractivity contribution in [2.75, 3.05) is 16.8 Å². The van der Waals surface area contributed by atoms with Crippen molar-refractivity contribution in [2.45, 2.75) is 27.2 Å². The van der Waals surface area contributed by atoms with Crippen LogP contribution in [0.3, 0.4) is 0 Å². The van der Waals surface area contributed by atoms with E-state index >= 15 is 0 Å². The number of imide groups is 1. The van der Waals surface area contributed by atoms with Gasteiger partial charge in [-0.15, -0.1) is 0 Å². The highest BCUT2D eigenvalue weighted by atomic mass is 35.5. The van der Waals surface area contributed by atoms with Crippen molar-refractivity contribution in [1.82, 2.24) is 0 Å². The van der Waals surface area contributed by atoms with E-state index in [1.165, 1.54) is 4.90 Å². The molecule has 3 aromatic carbocycles. The van der Waals surface area contributed by atoms with Gasteiger partial charge in [-0.25, -0.2) is 4.90 Å². The molecule has 1 N–H and O–H groups in total. The summed E-state index contributed by atoms with van der Waals surface area (Å²) in [5.41, 5.74) is 4.21. The number of benzene rings is 3. The van der Waals surface area contributed by atoms with Crippen LogP contribution in [-0.4, -0.2) is 18.4 Å². The number of rotatable bonds is 7. The summed E-state index contributed by atoms with van der Waals surface area (Å²) in [4.78, 5) is 28.4. The highest BCUT2D eigenvalue weighted by Gasteiger charge is 2.40. The smallest absolute Gasteiger partial charge is 0.282 e. The molecule has 33 heavy (non-hydrogen) atoms. The molecular formula is C27H25ClN2O3. The Labute approximate surface area is 198 Å². The Balaban J connectivity index is 1.78. The molecule has 1 aliphatic heterocycles. The second-order valence-corrected chi connectivity index (χ2v) is 8.43. The first kappa shape index (κ1) is 22.6. The van der Waals surface area contributed by atoms with Crippen LogP contribution in [0.15, 0.2) is 72.4 Å². The molecule has 0 saturated carbocycles. The average molecular weight is 461 g/mol. The van der Waals surface area contributed by atoms with Crippen LogP contribution in [0.4, 0.5) is 11.4 Å². The lowest BCUT2D eigenvalue weighted by Gasteiger charge is -2.18. The van der Waals surface area contributed by atoms with Gasteiger partial charge in [0.1, 0.15) is 11.4 Å². The zero-order chi connectivity index (χ0) is 23.5. The molecule has 0 aromatic heterocycles. The van der Waals surface area contributed by atoms with Gasteiger partial charge in [-0.2, -0.15) is 0 Å². The summed E-state index contributed by atoms with van der Waals surface area (Å²) in [5.74, 6) is -0.0995. The topological polar surface area (TPSA) is 58.6 Å². The predicted molar refractivity (Wildman–Crippen MR) is 133 cm³/mol. The number of carbonyl (C=O) groups excluding carboxylic acids is 2. The Kier molecular flexibility index (Phi) is 6.52. The maximum absolute atomic E-state index is 13.6. The maximum Gasteiger partial charge on any atom is 0.282 e. The Hall–Kier alpha value is -3.57. The van der Waals surface area contributed by atoms with Gasteiger partial charge in [0.2, 0.25) is 0 Å². The number of hydrogen-bond donors (Lipinski definition) is 1. The fraction of sp³-hybridized carbons (Fsp3) is 0.185. The normalized spacial score (nSPS) is 13.6. The number of nitrogens with one attached hydrogen (secondary N) is 1. The molecule has 6 heteroatoms. The summed E-state index contributed by atoms with van der Waals surface area (Å²) >= 11 is 6.10. The van der Waals surface area contributed by atoms with E-state index in [4.69, 9.17) is 16.3 Å². The predicted octanol–water partition coefficient (Wildman–Crippen LogP) is 6.14. The fourth-order valence-electron chi connectivity index (χ4n) is 3.75. The number of nitrogens with zero attached hydrogens (tertiary/aromatic N) is 1. The highest BCUT2D eigenvalue weighted by Crippen LogP contribution is 2.36. The second kappa shape index (κ2) is 9.51. The molecule has 0 saturated heterocycles. The average Bonchev–Trinajstić information content (AvgIpc) is 3.03. The van der Waals surface area contributed by atoms with Gasteiger partial charge in [-0.3, -0.25) is 9.59 Å². The molecule has 4 rings (SSSR count). The minimum atomic E-state index is -0.416. The van der Waals surface area contributed by atoms with Crippen molar-refractivity contribution < 1.29 is 14.3 Å². The molecule has 0 fully saturated rings. The van der Waals surface area contributed by atoms with Gasteiger partial charge in [0.05, 0.1) is 17.9 Å². The van der Waals surface area contributed by atoms with Crippen LogP contribution in [-0.2, 0) is 9.59 Å². The first-order valence-corrected chi connectivity index (χ1v) is 11.2. The van der Waals surface area contributed by atoms with Gasteiger partial charge in [-0.05, 0) is 61.7 Å². The van der Waals surface area contributed by atoms with E-state index in [1.54, 1.807) is 18.2 Å². The number of halogens is 1. The maximum atomic E-state index is 13.6. The number of anilines is 2. The van der Waals surface area contributed by atoms with Crippen molar-refractivity contribution in [1.29, 1.82) is 0 Å². The van der Waals surface area contributed by atoms with Crippen LogP contribution in [0.1, 0.15) is 30.0 Å². The van der Waals surface area contributed by atoms with E-state index in [0.29, 0.717) is 39.9 Å². The third-order valence-corrected chi connectivity index (χ3v) is 5.64. The molecule has 0 spiro atoms. The van der Waals surface area contributed by atoms with Crippen molar-refractivity contribution in [3.05, 3.63) is 94.1 Å². The molecule has 0 atom stereocenters. The minimum absolute atomic E-state index is 0.228. The minimum Gasteiger partial charge on any atom is -0.494 e. The van der Waals surface area contributed by atoms with Crippen LogP contribution >= 0.6 is 11.6 Å². The van der Waals surface area contributed by atoms with Crippen LogP contribution in [0.2, 0.25) is 5.02 Å². The first-order valence-electron chi connectivity index (χ1n) is 10.8. The Morgan fingerprint density at radius 1 is 0.939 bits per heavy atom. The zero-order valence-corrected chi connectivity index (χ0v) is 19.6. The molecule has 3 aromatic rings. The monoisotopic (exact) mass is 460 g/mol. The van der Waals surface area contributed by atoms with E-state index in [2.05, 4.69) is 5.32 Å². The third kappa shape index (κ3) is 4.64. The van der Waals surface area contributed by atoms with E-state index < -0.39 is 5.91 Å². The summed E-state index contributed by atoms with van der Waals surface area (Å²) in [6.07, 6.45) is 0.892. The van der Waals surface area contributed by atoms with Gasteiger partial charge in [0, 0.05) is 16.8 Å². The van der Waals surface area contributed by atoms with E-state index in [0.717, 1.165) is 17.5 Å². The zero-order valence-electron chi connectivity index (χ0n) is 18.8. The highest BCUT2D eigenvalue weighted by molar-refractivity contribution is 6.46. The number of ether oxygens (including phenoxy) is 1. The molecule has 0 radical (unpaired) electrons. The number of aryl methyl sites for hydroxylation is 2. The molecule has 1 aliphatic rings.